The molecule has 1 aromatic rings. The monoisotopic (exact) mass is 422 g/mol. The number of aryl methyl sites for hydroxylation is 1. The normalized spacial score (nSPS) is 21.7. The zero-order valence-electron chi connectivity index (χ0n) is 16.9. The van der Waals surface area contributed by atoms with Gasteiger partial charge in [0.15, 0.2) is 9.84 Å². The fraction of sp³-hybridized carbons (Fsp3) is 0.619. The second-order valence-corrected chi connectivity index (χ2v) is 10.3. The van der Waals surface area contributed by atoms with Gasteiger partial charge in [-0.3, -0.25) is 9.59 Å². The first-order chi connectivity index (χ1) is 13.9. The number of sulfone groups is 1. The summed E-state index contributed by atoms with van der Waals surface area (Å²) in [7, 11) is -3.36. The van der Waals surface area contributed by atoms with Crippen molar-refractivity contribution < 1.29 is 22.7 Å². The van der Waals surface area contributed by atoms with Gasteiger partial charge in [0, 0.05) is 0 Å². The van der Waals surface area contributed by atoms with Gasteiger partial charge in [-0.15, -0.1) is 0 Å². The Balaban J connectivity index is 1.47. The van der Waals surface area contributed by atoms with Gasteiger partial charge in [0.05, 0.1) is 37.0 Å². The van der Waals surface area contributed by atoms with Crippen LogP contribution in [0.25, 0.3) is 0 Å². The molecule has 1 saturated heterocycles. The average molecular weight is 423 g/mol. The third kappa shape index (κ3) is 6.54. The highest BCUT2D eigenvalue weighted by atomic mass is 32.2. The number of carbonyl (C=O) groups is 2. The SMILES string of the molecule is CCCCc1ccc(CC(=O)N[C@@H]2COC[C@@H]2NC(=O)CS(=O)(=O)C2CC2)cc1. The van der Waals surface area contributed by atoms with E-state index in [1.165, 1.54) is 5.56 Å². The number of carbonyl (C=O) groups excluding carboxylic acids is 2. The van der Waals surface area contributed by atoms with Crippen molar-refractivity contribution in [3.05, 3.63) is 35.4 Å². The van der Waals surface area contributed by atoms with E-state index in [4.69, 9.17) is 4.74 Å². The average Bonchev–Trinajstić information content (AvgIpc) is 3.45. The van der Waals surface area contributed by atoms with Crippen LogP contribution in [-0.4, -0.2) is 56.5 Å². The Morgan fingerprint density at radius 1 is 1.00 bits per heavy atom. The molecule has 2 amide bonds. The molecule has 160 valence electrons. The summed E-state index contributed by atoms with van der Waals surface area (Å²) in [6.07, 6.45) is 4.87. The Labute approximate surface area is 172 Å². The van der Waals surface area contributed by atoms with Crippen molar-refractivity contribution in [2.75, 3.05) is 19.0 Å². The Kier molecular flexibility index (Phi) is 7.29. The first-order valence-electron chi connectivity index (χ1n) is 10.3. The highest BCUT2D eigenvalue weighted by molar-refractivity contribution is 7.93. The van der Waals surface area contributed by atoms with Gasteiger partial charge in [-0.1, -0.05) is 37.6 Å². The number of unbranched alkanes of at least 4 members (excludes halogenated alkanes) is 1. The van der Waals surface area contributed by atoms with Crippen LogP contribution in [0, 0.1) is 0 Å². The molecular formula is C21H30N2O5S. The van der Waals surface area contributed by atoms with Crippen LogP contribution < -0.4 is 10.6 Å². The summed E-state index contributed by atoms with van der Waals surface area (Å²) >= 11 is 0. The van der Waals surface area contributed by atoms with Gasteiger partial charge < -0.3 is 15.4 Å². The maximum atomic E-state index is 12.4. The van der Waals surface area contributed by atoms with Gasteiger partial charge in [-0.25, -0.2) is 8.42 Å². The van der Waals surface area contributed by atoms with E-state index in [2.05, 4.69) is 29.7 Å². The number of nitrogens with one attached hydrogen (secondary N) is 2. The molecule has 0 bridgehead atoms. The highest BCUT2D eigenvalue weighted by Crippen LogP contribution is 2.28. The largest absolute Gasteiger partial charge is 0.377 e. The predicted molar refractivity (Wildman–Crippen MR) is 110 cm³/mol. The molecule has 3 rings (SSSR count). The van der Waals surface area contributed by atoms with E-state index in [1.54, 1.807) is 0 Å². The van der Waals surface area contributed by atoms with Crippen LogP contribution in [0.15, 0.2) is 24.3 Å². The standard InChI is InChI=1S/C21H30N2O5S/c1-2-3-4-15-5-7-16(8-6-15)11-20(24)22-18-12-28-13-19(18)23-21(25)14-29(26,27)17-9-10-17/h5-8,17-19H,2-4,9-14H2,1H3,(H,22,24)(H,23,25)/t18-,19+/m1/s1. The maximum absolute atomic E-state index is 12.4. The second-order valence-electron chi connectivity index (χ2n) is 7.99. The molecule has 1 aromatic carbocycles. The van der Waals surface area contributed by atoms with Crippen LogP contribution in [0.4, 0.5) is 0 Å². The molecule has 0 unspecified atom stereocenters. The lowest BCUT2D eigenvalue weighted by Crippen LogP contribution is -2.52. The minimum absolute atomic E-state index is 0.147. The molecule has 2 N–H and O–H groups in total. The van der Waals surface area contributed by atoms with E-state index >= 15 is 0 Å². The van der Waals surface area contributed by atoms with Crippen LogP contribution in [0.2, 0.25) is 0 Å². The third-order valence-corrected chi connectivity index (χ3v) is 7.50. The number of hydrogen-bond donors (Lipinski definition) is 2. The molecule has 2 fully saturated rings. The lowest BCUT2D eigenvalue weighted by molar-refractivity contribution is -0.122. The molecule has 1 aliphatic carbocycles. The van der Waals surface area contributed by atoms with E-state index < -0.39 is 27.5 Å². The number of rotatable bonds is 10. The zero-order chi connectivity index (χ0) is 20.9. The first-order valence-corrected chi connectivity index (χ1v) is 12.0. The van der Waals surface area contributed by atoms with Crippen molar-refractivity contribution in [3.63, 3.8) is 0 Å². The molecule has 1 aliphatic heterocycles. The second kappa shape index (κ2) is 9.71. The highest BCUT2D eigenvalue weighted by Gasteiger charge is 2.38. The lowest BCUT2D eigenvalue weighted by Gasteiger charge is -2.20. The van der Waals surface area contributed by atoms with Crippen molar-refractivity contribution in [2.45, 2.75) is 62.8 Å². The number of benzene rings is 1. The van der Waals surface area contributed by atoms with E-state index in [9.17, 15) is 18.0 Å². The van der Waals surface area contributed by atoms with Crippen LogP contribution >= 0.6 is 0 Å². The smallest absolute Gasteiger partial charge is 0.235 e. The van der Waals surface area contributed by atoms with Crippen molar-refractivity contribution in [3.8, 4) is 0 Å². The molecule has 0 spiro atoms. The van der Waals surface area contributed by atoms with Gasteiger partial charge >= 0.3 is 0 Å². The van der Waals surface area contributed by atoms with E-state index in [0.29, 0.717) is 19.4 Å². The number of ether oxygens (including phenoxy) is 1. The summed E-state index contributed by atoms with van der Waals surface area (Å²) in [5, 5.41) is 5.24. The number of hydrogen-bond acceptors (Lipinski definition) is 5. The van der Waals surface area contributed by atoms with Gasteiger partial charge in [0.2, 0.25) is 11.8 Å². The molecule has 8 heteroatoms. The molecule has 1 heterocycles. The zero-order valence-corrected chi connectivity index (χ0v) is 17.7. The Morgan fingerprint density at radius 2 is 1.59 bits per heavy atom. The van der Waals surface area contributed by atoms with Crippen LogP contribution in [0.1, 0.15) is 43.7 Å². The summed E-state index contributed by atoms with van der Waals surface area (Å²) in [5.41, 5.74) is 2.20. The van der Waals surface area contributed by atoms with Gasteiger partial charge in [-0.2, -0.15) is 0 Å². The molecule has 0 radical (unpaired) electrons. The molecule has 2 aliphatic rings. The fourth-order valence-corrected chi connectivity index (χ4v) is 5.00. The maximum Gasteiger partial charge on any atom is 0.235 e. The first kappa shape index (κ1) is 21.8. The molecule has 2 atom stereocenters. The minimum Gasteiger partial charge on any atom is -0.377 e. The Bertz CT molecular complexity index is 818. The topological polar surface area (TPSA) is 102 Å². The summed E-state index contributed by atoms with van der Waals surface area (Å²) in [5.74, 6) is -1.18. The van der Waals surface area contributed by atoms with Crippen molar-refractivity contribution in [1.29, 1.82) is 0 Å². The van der Waals surface area contributed by atoms with E-state index in [1.807, 2.05) is 12.1 Å². The quantitative estimate of drug-likeness (QED) is 0.589. The molecule has 7 nitrogen and oxygen atoms in total. The third-order valence-electron chi connectivity index (χ3n) is 5.34. The van der Waals surface area contributed by atoms with Crippen LogP contribution in [0.5, 0.6) is 0 Å². The van der Waals surface area contributed by atoms with E-state index in [0.717, 1.165) is 24.8 Å². The minimum atomic E-state index is -3.36. The molecule has 1 saturated carbocycles. The van der Waals surface area contributed by atoms with Crippen molar-refractivity contribution in [2.24, 2.45) is 0 Å². The molecular weight excluding hydrogens is 392 g/mol. The summed E-state index contributed by atoms with van der Waals surface area (Å²) in [6.45, 7) is 2.71. The van der Waals surface area contributed by atoms with Crippen molar-refractivity contribution in [1.82, 2.24) is 10.6 Å². The Morgan fingerprint density at radius 3 is 2.17 bits per heavy atom. The van der Waals surface area contributed by atoms with Crippen molar-refractivity contribution >= 4 is 21.7 Å². The summed E-state index contributed by atoms with van der Waals surface area (Å²) < 4.78 is 29.3. The van der Waals surface area contributed by atoms with Crippen LogP contribution in [0.3, 0.4) is 0 Å². The van der Waals surface area contributed by atoms with Gasteiger partial charge in [-0.05, 0) is 36.8 Å². The Hall–Kier alpha value is -1.93. The number of amides is 2. The fourth-order valence-electron chi connectivity index (χ4n) is 3.46. The summed E-state index contributed by atoms with van der Waals surface area (Å²) in [4.78, 5) is 24.5. The van der Waals surface area contributed by atoms with E-state index in [-0.39, 0.29) is 30.2 Å². The van der Waals surface area contributed by atoms with Crippen LogP contribution in [-0.2, 0) is 37.0 Å². The van der Waals surface area contributed by atoms with Gasteiger partial charge in [0.1, 0.15) is 5.75 Å². The van der Waals surface area contributed by atoms with Gasteiger partial charge in [0.25, 0.3) is 0 Å². The summed E-state index contributed by atoms with van der Waals surface area (Å²) in [6, 6.07) is 7.27. The predicted octanol–water partition coefficient (Wildman–Crippen LogP) is 1.15. The lowest BCUT2D eigenvalue weighted by atomic mass is 10.0. The molecule has 29 heavy (non-hydrogen) atoms. The molecule has 0 aromatic heterocycles.